The Morgan fingerprint density at radius 1 is 1.39 bits per heavy atom. The van der Waals surface area contributed by atoms with Gasteiger partial charge in [0.25, 0.3) is 5.91 Å². The number of imide groups is 1. The first kappa shape index (κ1) is 12.6. The Kier molecular flexibility index (Phi) is 3.11. The van der Waals surface area contributed by atoms with Crippen LogP contribution in [0, 0.1) is 0 Å². The second kappa shape index (κ2) is 4.44. The molecule has 18 heavy (non-hydrogen) atoms. The van der Waals surface area contributed by atoms with E-state index in [0.717, 1.165) is 12.1 Å². The smallest absolute Gasteiger partial charge is 0.306 e. The Bertz CT molecular complexity index is 482. The van der Waals surface area contributed by atoms with E-state index in [1.54, 1.807) is 22.7 Å². The summed E-state index contributed by atoms with van der Waals surface area (Å²) in [7, 11) is 0. The SMILES string of the molecule is CCn1cc(CN2C(=O)NC(=O)C2(C)CC)cn1. The number of rotatable bonds is 4. The lowest BCUT2D eigenvalue weighted by Crippen LogP contribution is -2.45. The first-order chi connectivity index (χ1) is 8.51. The van der Waals surface area contributed by atoms with Gasteiger partial charge in [-0.1, -0.05) is 6.92 Å². The molecule has 0 aromatic carbocycles. The maximum absolute atomic E-state index is 11.8. The second-order valence-electron chi connectivity index (χ2n) is 4.68. The maximum Gasteiger partial charge on any atom is 0.325 e. The van der Waals surface area contributed by atoms with Gasteiger partial charge in [0.2, 0.25) is 0 Å². The van der Waals surface area contributed by atoms with Crippen molar-refractivity contribution in [3.8, 4) is 0 Å². The number of nitrogens with zero attached hydrogens (tertiary/aromatic N) is 3. The average Bonchev–Trinajstić information content (AvgIpc) is 2.89. The zero-order valence-corrected chi connectivity index (χ0v) is 10.9. The number of aromatic nitrogens is 2. The van der Waals surface area contributed by atoms with Crippen LogP contribution in [0.1, 0.15) is 32.8 Å². The Labute approximate surface area is 106 Å². The molecule has 98 valence electrons. The number of amides is 3. The zero-order valence-electron chi connectivity index (χ0n) is 10.9. The number of carbonyl (C=O) groups excluding carboxylic acids is 2. The zero-order chi connectivity index (χ0) is 13.3. The number of urea groups is 1. The minimum atomic E-state index is -0.759. The summed E-state index contributed by atoms with van der Waals surface area (Å²) in [6.07, 6.45) is 4.22. The Hall–Kier alpha value is -1.85. The summed E-state index contributed by atoms with van der Waals surface area (Å²) >= 11 is 0. The molecule has 1 aliphatic heterocycles. The van der Waals surface area contributed by atoms with Crippen molar-refractivity contribution >= 4 is 11.9 Å². The highest BCUT2D eigenvalue weighted by Gasteiger charge is 2.47. The number of aryl methyl sites for hydroxylation is 1. The van der Waals surface area contributed by atoms with E-state index >= 15 is 0 Å². The lowest BCUT2D eigenvalue weighted by Gasteiger charge is -2.30. The summed E-state index contributed by atoms with van der Waals surface area (Å²) in [5.41, 5.74) is 0.173. The number of carbonyl (C=O) groups is 2. The quantitative estimate of drug-likeness (QED) is 0.814. The molecule has 0 bridgehead atoms. The Balaban J connectivity index is 2.21. The highest BCUT2D eigenvalue weighted by Crippen LogP contribution is 2.26. The van der Waals surface area contributed by atoms with Crippen molar-refractivity contribution in [3.05, 3.63) is 18.0 Å². The predicted octanol–water partition coefficient (Wildman–Crippen LogP) is 1.12. The molecule has 2 rings (SSSR count). The minimum absolute atomic E-state index is 0.224. The summed E-state index contributed by atoms with van der Waals surface area (Å²) in [4.78, 5) is 25.2. The van der Waals surface area contributed by atoms with Crippen LogP contribution in [0.4, 0.5) is 4.79 Å². The molecule has 0 radical (unpaired) electrons. The van der Waals surface area contributed by atoms with Crippen molar-refractivity contribution < 1.29 is 9.59 Å². The van der Waals surface area contributed by atoms with Crippen LogP contribution >= 0.6 is 0 Å². The van der Waals surface area contributed by atoms with Gasteiger partial charge in [0.15, 0.2) is 0 Å². The van der Waals surface area contributed by atoms with Gasteiger partial charge in [-0.3, -0.25) is 14.8 Å². The van der Waals surface area contributed by atoms with Crippen LogP contribution in [0.5, 0.6) is 0 Å². The standard InChI is InChI=1S/C12H18N4O2/c1-4-12(3)10(17)14-11(18)16(12)8-9-6-13-15(5-2)7-9/h6-7H,4-5,8H2,1-3H3,(H,14,17,18). The first-order valence-corrected chi connectivity index (χ1v) is 6.15. The highest BCUT2D eigenvalue weighted by atomic mass is 16.2. The second-order valence-corrected chi connectivity index (χ2v) is 4.68. The van der Waals surface area contributed by atoms with Crippen molar-refractivity contribution in [2.24, 2.45) is 0 Å². The monoisotopic (exact) mass is 250 g/mol. The number of hydrogen-bond acceptors (Lipinski definition) is 3. The fourth-order valence-corrected chi connectivity index (χ4v) is 2.09. The number of hydrogen-bond donors (Lipinski definition) is 1. The van der Waals surface area contributed by atoms with Crippen LogP contribution in [0.2, 0.25) is 0 Å². The molecule has 1 saturated heterocycles. The minimum Gasteiger partial charge on any atom is -0.306 e. The largest absolute Gasteiger partial charge is 0.325 e. The lowest BCUT2D eigenvalue weighted by atomic mass is 9.97. The van der Waals surface area contributed by atoms with E-state index in [4.69, 9.17) is 0 Å². The van der Waals surface area contributed by atoms with Gasteiger partial charge in [-0.05, 0) is 20.3 Å². The summed E-state index contributed by atoms with van der Waals surface area (Å²) in [6, 6.07) is -0.325. The van der Waals surface area contributed by atoms with Crippen LogP contribution in [0.15, 0.2) is 12.4 Å². The molecule has 1 fully saturated rings. The molecular formula is C12H18N4O2. The van der Waals surface area contributed by atoms with Gasteiger partial charge in [-0.25, -0.2) is 4.79 Å². The summed E-state index contributed by atoms with van der Waals surface area (Å²) in [5, 5.41) is 6.54. The third-order valence-corrected chi connectivity index (χ3v) is 3.59. The maximum atomic E-state index is 11.8. The van der Waals surface area contributed by atoms with Crippen molar-refractivity contribution in [2.45, 2.75) is 45.8 Å². The van der Waals surface area contributed by atoms with E-state index < -0.39 is 5.54 Å². The molecule has 0 saturated carbocycles. The van der Waals surface area contributed by atoms with Crippen LogP contribution in [-0.4, -0.2) is 32.2 Å². The van der Waals surface area contributed by atoms with Crippen LogP contribution in [0.25, 0.3) is 0 Å². The lowest BCUT2D eigenvalue weighted by molar-refractivity contribution is -0.126. The molecule has 1 unspecified atom stereocenters. The van der Waals surface area contributed by atoms with Gasteiger partial charge >= 0.3 is 6.03 Å². The molecule has 3 amide bonds. The first-order valence-electron chi connectivity index (χ1n) is 6.15. The van der Waals surface area contributed by atoms with E-state index in [1.165, 1.54) is 0 Å². The predicted molar refractivity (Wildman–Crippen MR) is 65.7 cm³/mol. The van der Waals surface area contributed by atoms with E-state index in [9.17, 15) is 9.59 Å². The van der Waals surface area contributed by atoms with Crippen molar-refractivity contribution in [2.75, 3.05) is 0 Å². The van der Waals surface area contributed by atoms with Gasteiger partial charge in [0.1, 0.15) is 5.54 Å². The van der Waals surface area contributed by atoms with Crippen LogP contribution in [0.3, 0.4) is 0 Å². The molecule has 0 spiro atoms. The third kappa shape index (κ3) is 1.87. The topological polar surface area (TPSA) is 67.2 Å². The molecule has 1 aromatic heterocycles. The van der Waals surface area contributed by atoms with Crippen molar-refractivity contribution in [1.82, 2.24) is 20.0 Å². The van der Waals surface area contributed by atoms with Crippen LogP contribution in [-0.2, 0) is 17.9 Å². The molecule has 2 heterocycles. The van der Waals surface area contributed by atoms with E-state index in [0.29, 0.717) is 13.0 Å². The van der Waals surface area contributed by atoms with Gasteiger partial charge in [0.05, 0.1) is 12.7 Å². The van der Waals surface area contributed by atoms with Gasteiger partial charge in [-0.2, -0.15) is 5.10 Å². The molecule has 6 nitrogen and oxygen atoms in total. The molecule has 0 aliphatic carbocycles. The van der Waals surface area contributed by atoms with E-state index in [-0.39, 0.29) is 11.9 Å². The summed E-state index contributed by atoms with van der Waals surface area (Å²) in [5.74, 6) is -0.224. The van der Waals surface area contributed by atoms with Gasteiger partial charge in [0, 0.05) is 18.3 Å². The third-order valence-electron chi connectivity index (χ3n) is 3.59. The average molecular weight is 250 g/mol. The number of nitrogens with one attached hydrogen (secondary N) is 1. The molecular weight excluding hydrogens is 232 g/mol. The van der Waals surface area contributed by atoms with Crippen LogP contribution < -0.4 is 5.32 Å². The normalized spacial score (nSPS) is 23.6. The van der Waals surface area contributed by atoms with Crippen molar-refractivity contribution in [1.29, 1.82) is 0 Å². The Morgan fingerprint density at radius 3 is 2.67 bits per heavy atom. The summed E-state index contributed by atoms with van der Waals surface area (Å²) in [6.45, 7) is 6.88. The molecule has 1 aliphatic rings. The molecule has 6 heteroatoms. The fourth-order valence-electron chi connectivity index (χ4n) is 2.09. The molecule has 1 N–H and O–H groups in total. The van der Waals surface area contributed by atoms with E-state index in [1.807, 2.05) is 20.0 Å². The van der Waals surface area contributed by atoms with E-state index in [2.05, 4.69) is 10.4 Å². The molecule has 1 atom stereocenters. The van der Waals surface area contributed by atoms with Crippen molar-refractivity contribution in [3.63, 3.8) is 0 Å². The highest BCUT2D eigenvalue weighted by molar-refractivity contribution is 6.06. The summed E-state index contributed by atoms with van der Waals surface area (Å²) < 4.78 is 1.80. The van der Waals surface area contributed by atoms with Gasteiger partial charge in [-0.15, -0.1) is 0 Å². The molecule has 1 aromatic rings. The fraction of sp³-hybridized carbons (Fsp3) is 0.583. The Morgan fingerprint density at radius 2 is 2.11 bits per heavy atom. The van der Waals surface area contributed by atoms with Gasteiger partial charge < -0.3 is 4.90 Å².